The molecule has 1 saturated carbocycles. The lowest BCUT2D eigenvalue weighted by atomic mass is 9.88. The largest absolute Gasteiger partial charge is 0.0958 e. The van der Waals surface area contributed by atoms with Crippen LogP contribution in [0.3, 0.4) is 0 Å². The van der Waals surface area contributed by atoms with Crippen LogP contribution < -0.4 is 0 Å². The minimum atomic E-state index is 0.886. The summed E-state index contributed by atoms with van der Waals surface area (Å²) in [5, 5.41) is 0. The van der Waals surface area contributed by atoms with Gasteiger partial charge in [-0.3, -0.25) is 0 Å². The van der Waals surface area contributed by atoms with Crippen LogP contribution >= 0.6 is 0 Å². The van der Waals surface area contributed by atoms with E-state index in [1.54, 1.807) is 0 Å². The normalized spacial score (nSPS) is 32.2. The molecule has 0 radical (unpaired) electrons. The second-order valence-electron chi connectivity index (χ2n) is 5.12. The first kappa shape index (κ1) is 11.4. The van der Waals surface area contributed by atoms with Crippen LogP contribution in [0, 0.1) is 17.8 Å². The van der Waals surface area contributed by atoms with Gasteiger partial charge in [-0.1, -0.05) is 48.6 Å². The third-order valence-corrected chi connectivity index (χ3v) is 3.89. The van der Waals surface area contributed by atoms with Crippen LogP contribution in [0.1, 0.15) is 32.6 Å². The fourth-order valence-electron chi connectivity index (χ4n) is 2.98. The van der Waals surface area contributed by atoms with Gasteiger partial charge in [-0.15, -0.1) is 0 Å². The maximum absolute atomic E-state index is 4.11. The van der Waals surface area contributed by atoms with Gasteiger partial charge in [-0.05, 0) is 50.4 Å². The molecule has 0 heteroatoms. The molecule has 0 amide bonds. The fourth-order valence-corrected chi connectivity index (χ4v) is 2.98. The average molecular weight is 214 g/mol. The predicted octanol–water partition coefficient (Wildman–Crippen LogP) is 4.67. The Bertz CT molecular complexity index is 330. The van der Waals surface area contributed by atoms with Crippen molar-refractivity contribution in [2.75, 3.05) is 0 Å². The average Bonchev–Trinajstić information content (AvgIpc) is 2.88. The van der Waals surface area contributed by atoms with Crippen molar-refractivity contribution in [3.8, 4) is 0 Å². The molecular formula is C16H22. The van der Waals surface area contributed by atoms with Crippen molar-refractivity contribution >= 4 is 0 Å². The summed E-state index contributed by atoms with van der Waals surface area (Å²) in [6.45, 7) is 6.15. The Morgan fingerprint density at radius 1 is 1.31 bits per heavy atom. The van der Waals surface area contributed by atoms with E-state index in [0.29, 0.717) is 0 Å². The third kappa shape index (κ3) is 2.75. The molecule has 0 aliphatic heterocycles. The molecule has 86 valence electrons. The summed E-state index contributed by atoms with van der Waals surface area (Å²) in [5.41, 5.74) is 1.27. The molecule has 2 aliphatic carbocycles. The fraction of sp³-hybridized carbons (Fsp3) is 0.500. The highest BCUT2D eigenvalue weighted by molar-refractivity contribution is 5.19. The molecule has 3 atom stereocenters. The summed E-state index contributed by atoms with van der Waals surface area (Å²) in [5.74, 6) is 2.72. The lowest BCUT2D eigenvalue weighted by molar-refractivity contribution is 0.417. The molecule has 0 aromatic carbocycles. The molecular weight excluding hydrogens is 192 g/mol. The molecule has 2 bridgehead atoms. The SMILES string of the molecule is C=C(/C=C\C=C/C)CCC1CC2C=CC1C2. The Morgan fingerprint density at radius 3 is 2.81 bits per heavy atom. The summed E-state index contributed by atoms with van der Waals surface area (Å²) < 4.78 is 0. The van der Waals surface area contributed by atoms with Crippen LogP contribution in [0.5, 0.6) is 0 Å². The van der Waals surface area contributed by atoms with Crippen LogP contribution in [0.15, 0.2) is 48.6 Å². The molecule has 2 rings (SSSR count). The monoisotopic (exact) mass is 214 g/mol. The van der Waals surface area contributed by atoms with Gasteiger partial charge in [0.05, 0.1) is 0 Å². The van der Waals surface area contributed by atoms with Gasteiger partial charge in [0.15, 0.2) is 0 Å². The zero-order valence-electron chi connectivity index (χ0n) is 10.2. The summed E-state index contributed by atoms with van der Waals surface area (Å²) in [6, 6.07) is 0. The van der Waals surface area contributed by atoms with E-state index in [0.717, 1.165) is 24.2 Å². The highest BCUT2D eigenvalue weighted by Crippen LogP contribution is 2.45. The van der Waals surface area contributed by atoms with Crippen LogP contribution in [0.25, 0.3) is 0 Å². The molecule has 0 spiro atoms. The molecule has 16 heavy (non-hydrogen) atoms. The van der Waals surface area contributed by atoms with E-state index in [1.165, 1.54) is 24.8 Å². The van der Waals surface area contributed by atoms with Gasteiger partial charge in [-0.2, -0.15) is 0 Å². The lowest BCUT2D eigenvalue weighted by Gasteiger charge is -2.17. The topological polar surface area (TPSA) is 0 Å². The molecule has 3 unspecified atom stereocenters. The van der Waals surface area contributed by atoms with Gasteiger partial charge >= 0.3 is 0 Å². The number of fused-ring (bicyclic) bond motifs is 2. The Labute approximate surface area is 99.4 Å². The molecule has 1 fully saturated rings. The minimum Gasteiger partial charge on any atom is -0.0958 e. The van der Waals surface area contributed by atoms with Gasteiger partial charge in [0.25, 0.3) is 0 Å². The number of rotatable bonds is 5. The molecule has 0 heterocycles. The Balaban J connectivity index is 1.72. The molecule has 0 aromatic rings. The molecule has 0 N–H and O–H groups in total. The van der Waals surface area contributed by atoms with Crippen molar-refractivity contribution in [2.24, 2.45) is 17.8 Å². The zero-order chi connectivity index (χ0) is 11.4. The van der Waals surface area contributed by atoms with Gasteiger partial charge in [-0.25, -0.2) is 0 Å². The van der Waals surface area contributed by atoms with Gasteiger partial charge < -0.3 is 0 Å². The third-order valence-electron chi connectivity index (χ3n) is 3.89. The Hall–Kier alpha value is -1.04. The van der Waals surface area contributed by atoms with Crippen molar-refractivity contribution in [3.63, 3.8) is 0 Å². The number of allylic oxidation sites excluding steroid dienone is 7. The van der Waals surface area contributed by atoms with E-state index in [1.807, 2.05) is 13.0 Å². The Morgan fingerprint density at radius 2 is 2.19 bits per heavy atom. The second kappa shape index (κ2) is 5.34. The zero-order valence-corrected chi connectivity index (χ0v) is 10.2. The van der Waals surface area contributed by atoms with Gasteiger partial charge in [0.2, 0.25) is 0 Å². The summed E-state index contributed by atoms with van der Waals surface area (Å²) in [7, 11) is 0. The van der Waals surface area contributed by atoms with Crippen molar-refractivity contribution in [2.45, 2.75) is 32.6 Å². The van der Waals surface area contributed by atoms with Crippen molar-refractivity contribution in [1.82, 2.24) is 0 Å². The van der Waals surface area contributed by atoms with Crippen molar-refractivity contribution in [1.29, 1.82) is 0 Å². The van der Waals surface area contributed by atoms with Crippen LogP contribution in [-0.4, -0.2) is 0 Å². The lowest BCUT2D eigenvalue weighted by Crippen LogP contribution is -2.06. The first-order valence-corrected chi connectivity index (χ1v) is 6.45. The van der Waals surface area contributed by atoms with E-state index >= 15 is 0 Å². The number of hydrogen-bond donors (Lipinski definition) is 0. The summed E-state index contributed by atoms with van der Waals surface area (Å²) >= 11 is 0. The first-order chi connectivity index (χ1) is 7.79. The quantitative estimate of drug-likeness (QED) is 0.461. The van der Waals surface area contributed by atoms with Crippen molar-refractivity contribution < 1.29 is 0 Å². The maximum Gasteiger partial charge on any atom is -0.0199 e. The van der Waals surface area contributed by atoms with Crippen molar-refractivity contribution in [3.05, 3.63) is 48.6 Å². The molecule has 2 aliphatic rings. The standard InChI is InChI=1S/C16H22/c1-3-4-5-6-13(2)7-9-15-11-14-8-10-16(15)12-14/h3-6,8,10,14-16H,2,7,9,11-12H2,1H3/b4-3-,6-5-. The first-order valence-electron chi connectivity index (χ1n) is 6.45. The van der Waals surface area contributed by atoms with E-state index in [-0.39, 0.29) is 0 Å². The predicted molar refractivity (Wildman–Crippen MR) is 71.2 cm³/mol. The summed E-state index contributed by atoms with van der Waals surface area (Å²) in [4.78, 5) is 0. The molecule has 0 saturated heterocycles. The molecule has 0 nitrogen and oxygen atoms in total. The molecule has 0 aromatic heterocycles. The second-order valence-corrected chi connectivity index (χ2v) is 5.12. The Kier molecular flexibility index (Phi) is 3.82. The van der Waals surface area contributed by atoms with E-state index in [2.05, 4.69) is 37.0 Å². The van der Waals surface area contributed by atoms with E-state index < -0.39 is 0 Å². The van der Waals surface area contributed by atoms with Crippen LogP contribution in [-0.2, 0) is 0 Å². The summed E-state index contributed by atoms with van der Waals surface area (Å²) in [6.07, 6.45) is 18.5. The van der Waals surface area contributed by atoms with Gasteiger partial charge in [0.1, 0.15) is 0 Å². The van der Waals surface area contributed by atoms with E-state index in [9.17, 15) is 0 Å². The van der Waals surface area contributed by atoms with Crippen LogP contribution in [0.2, 0.25) is 0 Å². The maximum atomic E-state index is 4.11. The number of hydrogen-bond acceptors (Lipinski definition) is 0. The minimum absolute atomic E-state index is 0.886. The van der Waals surface area contributed by atoms with Crippen LogP contribution in [0.4, 0.5) is 0 Å². The highest BCUT2D eigenvalue weighted by atomic mass is 14.4. The highest BCUT2D eigenvalue weighted by Gasteiger charge is 2.34. The van der Waals surface area contributed by atoms with E-state index in [4.69, 9.17) is 0 Å². The smallest absolute Gasteiger partial charge is 0.0199 e. The van der Waals surface area contributed by atoms with Gasteiger partial charge in [0, 0.05) is 0 Å².